The van der Waals surface area contributed by atoms with E-state index in [1.54, 1.807) is 0 Å². The van der Waals surface area contributed by atoms with Crippen LogP contribution in [0.4, 0.5) is 0 Å². The van der Waals surface area contributed by atoms with Crippen LogP contribution < -0.4 is 5.32 Å². The molecule has 0 aromatic rings. The number of rotatable bonds is 0. The van der Waals surface area contributed by atoms with Gasteiger partial charge in [-0.05, 0) is 18.3 Å². The molecule has 0 radical (unpaired) electrons. The van der Waals surface area contributed by atoms with Gasteiger partial charge in [0.25, 0.3) is 0 Å². The smallest absolute Gasteiger partial charge is 0.229 e. The average molecular weight is 279 g/mol. The maximum atomic E-state index is 12.0. The Kier molecular flexibility index (Phi) is 5.62. The molecular weight excluding hydrogens is 250 g/mol. The lowest BCUT2D eigenvalue weighted by molar-refractivity contribution is -0.144. The van der Waals surface area contributed by atoms with E-state index in [1.165, 1.54) is 57.8 Å². The van der Waals surface area contributed by atoms with Gasteiger partial charge in [-0.1, -0.05) is 64.7 Å². The average Bonchev–Trinajstić information content (AvgIpc) is 2.40. The highest BCUT2D eigenvalue weighted by molar-refractivity contribution is 5.99. The maximum Gasteiger partial charge on any atom is 0.229 e. The third-order valence-electron chi connectivity index (χ3n) is 5.44. The lowest BCUT2D eigenvalue weighted by atomic mass is 9.65. The highest BCUT2D eigenvalue weighted by atomic mass is 16.2. The fraction of sp³-hybridized carbons (Fsp3) is 0.882. The number of hydrogen-bond acceptors (Lipinski definition) is 2. The van der Waals surface area contributed by atoms with Crippen molar-refractivity contribution in [2.45, 2.75) is 84.0 Å². The van der Waals surface area contributed by atoms with Crippen molar-refractivity contribution in [3.8, 4) is 0 Å². The van der Waals surface area contributed by atoms with E-state index in [0.717, 1.165) is 12.8 Å². The summed E-state index contributed by atoms with van der Waals surface area (Å²) in [4.78, 5) is 23.9. The Hall–Kier alpha value is -0.860. The maximum absolute atomic E-state index is 12.0. The zero-order valence-electron chi connectivity index (χ0n) is 12.9. The van der Waals surface area contributed by atoms with Gasteiger partial charge in [-0.15, -0.1) is 0 Å². The number of nitrogens with one attached hydrogen (secondary N) is 1. The minimum atomic E-state index is -0.0569. The van der Waals surface area contributed by atoms with Gasteiger partial charge >= 0.3 is 0 Å². The summed E-state index contributed by atoms with van der Waals surface area (Å²) in [6.45, 7) is 2.02. The van der Waals surface area contributed by atoms with Crippen LogP contribution in [0.15, 0.2) is 0 Å². The molecule has 0 aromatic heterocycles. The molecule has 2 aliphatic rings. The summed E-state index contributed by atoms with van der Waals surface area (Å²) < 4.78 is 0. The Bertz CT molecular complexity index is 339. The van der Waals surface area contributed by atoms with Gasteiger partial charge < -0.3 is 0 Å². The number of carbonyl (C=O) groups is 2. The Morgan fingerprint density at radius 2 is 1.30 bits per heavy atom. The molecule has 1 aliphatic heterocycles. The minimum absolute atomic E-state index is 0.0110. The molecule has 1 spiro atoms. The number of hydrogen-bond donors (Lipinski definition) is 1. The van der Waals surface area contributed by atoms with Crippen molar-refractivity contribution in [2.24, 2.45) is 11.3 Å². The van der Waals surface area contributed by atoms with Crippen molar-refractivity contribution in [3.05, 3.63) is 0 Å². The van der Waals surface area contributed by atoms with Crippen molar-refractivity contribution < 1.29 is 9.59 Å². The monoisotopic (exact) mass is 279 g/mol. The summed E-state index contributed by atoms with van der Waals surface area (Å²) in [6, 6.07) is 0. The predicted molar refractivity (Wildman–Crippen MR) is 80.2 cm³/mol. The van der Waals surface area contributed by atoms with Crippen molar-refractivity contribution in [3.63, 3.8) is 0 Å². The first-order valence-electron chi connectivity index (χ1n) is 8.48. The van der Waals surface area contributed by atoms with Crippen LogP contribution in [0.3, 0.4) is 0 Å². The molecule has 2 rings (SSSR count). The van der Waals surface area contributed by atoms with Crippen LogP contribution in [-0.2, 0) is 9.59 Å². The first-order valence-corrected chi connectivity index (χ1v) is 8.48. The Morgan fingerprint density at radius 1 is 0.850 bits per heavy atom. The molecule has 1 atom stereocenters. The molecule has 3 nitrogen and oxygen atoms in total. The van der Waals surface area contributed by atoms with Gasteiger partial charge in [-0.25, -0.2) is 0 Å². The summed E-state index contributed by atoms with van der Waals surface area (Å²) in [6.07, 6.45) is 14.2. The van der Waals surface area contributed by atoms with Crippen molar-refractivity contribution in [1.82, 2.24) is 5.32 Å². The van der Waals surface area contributed by atoms with Gasteiger partial charge in [0.1, 0.15) is 0 Å². The number of imide groups is 1. The summed E-state index contributed by atoms with van der Waals surface area (Å²) in [7, 11) is 0. The molecule has 20 heavy (non-hydrogen) atoms. The molecule has 2 amide bonds. The molecule has 1 N–H and O–H groups in total. The summed E-state index contributed by atoms with van der Waals surface area (Å²) in [5, 5.41) is 2.51. The largest absolute Gasteiger partial charge is 0.296 e. The summed E-state index contributed by atoms with van der Waals surface area (Å²) in [5.41, 5.74) is -0.0569. The van der Waals surface area contributed by atoms with E-state index >= 15 is 0 Å². The van der Waals surface area contributed by atoms with Gasteiger partial charge in [-0.3, -0.25) is 14.9 Å². The van der Waals surface area contributed by atoms with E-state index < -0.39 is 0 Å². The SMILES string of the molecule is CC1C(=O)NC(=O)CC12CCCCCCCCCCC2. The lowest BCUT2D eigenvalue weighted by Gasteiger charge is -2.41. The molecule has 3 heteroatoms. The standard InChI is InChI=1S/C17H29NO2/c1-14-16(20)18-15(19)13-17(14)11-9-7-5-3-2-4-6-8-10-12-17/h14H,2-13H2,1H3,(H,18,19,20). The van der Waals surface area contributed by atoms with E-state index in [-0.39, 0.29) is 23.1 Å². The molecular formula is C17H29NO2. The molecule has 0 bridgehead atoms. The van der Waals surface area contributed by atoms with E-state index in [4.69, 9.17) is 0 Å². The summed E-state index contributed by atoms with van der Waals surface area (Å²) in [5.74, 6) is -0.114. The minimum Gasteiger partial charge on any atom is -0.296 e. The van der Waals surface area contributed by atoms with Crippen LogP contribution in [0.2, 0.25) is 0 Å². The normalized spacial score (nSPS) is 29.4. The van der Waals surface area contributed by atoms with Gasteiger partial charge in [0.05, 0.1) is 0 Å². The second-order valence-corrected chi connectivity index (χ2v) is 6.86. The first kappa shape index (κ1) is 15.5. The third kappa shape index (κ3) is 3.83. The Labute approximate surface area is 122 Å². The molecule has 1 heterocycles. The third-order valence-corrected chi connectivity index (χ3v) is 5.44. The van der Waals surface area contributed by atoms with E-state index in [9.17, 15) is 9.59 Å². The lowest BCUT2D eigenvalue weighted by Crippen LogP contribution is -2.51. The van der Waals surface area contributed by atoms with Crippen molar-refractivity contribution in [1.29, 1.82) is 0 Å². The molecule has 2 fully saturated rings. The fourth-order valence-corrected chi connectivity index (χ4v) is 3.97. The van der Waals surface area contributed by atoms with E-state index in [1.807, 2.05) is 6.92 Å². The molecule has 1 aliphatic carbocycles. The van der Waals surface area contributed by atoms with Crippen LogP contribution in [0.25, 0.3) is 0 Å². The zero-order valence-corrected chi connectivity index (χ0v) is 12.9. The van der Waals surface area contributed by atoms with Crippen LogP contribution in [-0.4, -0.2) is 11.8 Å². The molecule has 0 aromatic carbocycles. The van der Waals surface area contributed by atoms with Crippen molar-refractivity contribution >= 4 is 11.8 Å². The zero-order chi connectivity index (χ0) is 14.4. The summed E-state index contributed by atoms with van der Waals surface area (Å²) >= 11 is 0. The Morgan fingerprint density at radius 3 is 1.80 bits per heavy atom. The highest BCUT2D eigenvalue weighted by Gasteiger charge is 2.44. The molecule has 1 unspecified atom stereocenters. The molecule has 114 valence electrons. The molecule has 1 saturated heterocycles. The second-order valence-electron chi connectivity index (χ2n) is 6.86. The first-order chi connectivity index (χ1) is 9.64. The van der Waals surface area contributed by atoms with Crippen LogP contribution in [0, 0.1) is 11.3 Å². The van der Waals surface area contributed by atoms with Gasteiger partial charge in [-0.2, -0.15) is 0 Å². The van der Waals surface area contributed by atoms with E-state index in [2.05, 4.69) is 5.32 Å². The highest BCUT2D eigenvalue weighted by Crippen LogP contribution is 2.44. The van der Waals surface area contributed by atoms with E-state index in [0.29, 0.717) is 6.42 Å². The second kappa shape index (κ2) is 7.24. The number of amides is 2. The number of piperidine rings is 1. The topological polar surface area (TPSA) is 46.2 Å². The Balaban J connectivity index is 2.06. The van der Waals surface area contributed by atoms with Gasteiger partial charge in [0, 0.05) is 12.3 Å². The van der Waals surface area contributed by atoms with Gasteiger partial charge in [0.2, 0.25) is 11.8 Å². The van der Waals surface area contributed by atoms with Crippen LogP contribution >= 0.6 is 0 Å². The molecule has 1 saturated carbocycles. The van der Waals surface area contributed by atoms with Crippen LogP contribution in [0.1, 0.15) is 84.0 Å². The van der Waals surface area contributed by atoms with Gasteiger partial charge in [0.15, 0.2) is 0 Å². The number of carbonyl (C=O) groups excluding carboxylic acids is 2. The quantitative estimate of drug-likeness (QED) is 0.682. The van der Waals surface area contributed by atoms with Crippen LogP contribution in [0.5, 0.6) is 0 Å². The van der Waals surface area contributed by atoms with Crippen molar-refractivity contribution in [2.75, 3.05) is 0 Å². The predicted octanol–water partition coefficient (Wildman–Crippen LogP) is 3.96. The fourth-order valence-electron chi connectivity index (χ4n) is 3.97.